The van der Waals surface area contributed by atoms with Gasteiger partial charge < -0.3 is 9.84 Å². The third kappa shape index (κ3) is 6.62. The zero-order chi connectivity index (χ0) is 18.9. The van der Waals surface area contributed by atoms with Gasteiger partial charge in [0, 0.05) is 13.0 Å². The van der Waals surface area contributed by atoms with Crippen LogP contribution in [-0.4, -0.2) is 23.8 Å². The Morgan fingerprint density at radius 2 is 1.70 bits per heavy atom. The van der Waals surface area contributed by atoms with E-state index in [4.69, 9.17) is 9.84 Å². The zero-order valence-electron chi connectivity index (χ0n) is 17.1. The van der Waals surface area contributed by atoms with Gasteiger partial charge in [-0.3, -0.25) is 4.79 Å². The summed E-state index contributed by atoms with van der Waals surface area (Å²) in [4.78, 5) is 10.6. The van der Waals surface area contributed by atoms with Crippen LogP contribution in [0.2, 0.25) is 0 Å². The summed E-state index contributed by atoms with van der Waals surface area (Å²) in [7, 11) is 0. The molecule has 4 atom stereocenters. The van der Waals surface area contributed by atoms with Crippen molar-refractivity contribution in [1.29, 1.82) is 0 Å². The Morgan fingerprint density at radius 3 is 2.48 bits per heavy atom. The summed E-state index contributed by atoms with van der Waals surface area (Å²) < 4.78 is 6.10. The SMILES string of the molecule is O=C(O)CCC/C=C\C[C@H]1[C@H]2CC[C@H](C2)[C@H]1CCCCOC1CCCCC1. The molecular weight excluding hydrogens is 336 g/mol. The molecule has 1 N–H and O–H groups in total. The molecule has 27 heavy (non-hydrogen) atoms. The summed E-state index contributed by atoms with van der Waals surface area (Å²) >= 11 is 0. The third-order valence-electron chi connectivity index (χ3n) is 7.45. The maximum absolute atomic E-state index is 10.6. The van der Waals surface area contributed by atoms with Crippen molar-refractivity contribution in [3.63, 3.8) is 0 Å². The molecule has 0 unspecified atom stereocenters. The highest BCUT2D eigenvalue weighted by atomic mass is 16.5. The van der Waals surface area contributed by atoms with Crippen molar-refractivity contribution in [3.05, 3.63) is 12.2 Å². The van der Waals surface area contributed by atoms with Crippen molar-refractivity contribution < 1.29 is 14.6 Å². The quantitative estimate of drug-likeness (QED) is 0.318. The van der Waals surface area contributed by atoms with E-state index in [1.54, 1.807) is 0 Å². The average Bonchev–Trinajstić information content (AvgIpc) is 3.27. The number of fused-ring (bicyclic) bond motifs is 2. The monoisotopic (exact) mass is 376 g/mol. The highest BCUT2D eigenvalue weighted by Crippen LogP contribution is 2.55. The fraction of sp³-hybridized carbons (Fsp3) is 0.875. The Kier molecular flexibility index (Phi) is 8.70. The molecule has 3 aliphatic carbocycles. The number of aliphatic carboxylic acids is 1. The lowest BCUT2D eigenvalue weighted by atomic mass is 9.75. The van der Waals surface area contributed by atoms with Crippen LogP contribution in [0.25, 0.3) is 0 Å². The van der Waals surface area contributed by atoms with Gasteiger partial charge in [-0.2, -0.15) is 0 Å². The first-order valence-electron chi connectivity index (χ1n) is 11.7. The summed E-state index contributed by atoms with van der Waals surface area (Å²) in [6, 6.07) is 0. The van der Waals surface area contributed by atoms with E-state index in [2.05, 4.69) is 12.2 Å². The van der Waals surface area contributed by atoms with Gasteiger partial charge in [0.25, 0.3) is 0 Å². The molecule has 0 saturated heterocycles. The summed E-state index contributed by atoms with van der Waals surface area (Å²) in [5, 5.41) is 8.71. The number of hydrogen-bond donors (Lipinski definition) is 1. The molecule has 0 aliphatic heterocycles. The predicted octanol–water partition coefficient (Wildman–Crippen LogP) is 6.37. The van der Waals surface area contributed by atoms with Gasteiger partial charge in [-0.05, 0) is 87.9 Å². The van der Waals surface area contributed by atoms with Crippen molar-refractivity contribution in [2.75, 3.05) is 6.61 Å². The number of rotatable bonds is 12. The minimum absolute atomic E-state index is 0.296. The van der Waals surface area contributed by atoms with Crippen LogP contribution in [0, 0.1) is 23.7 Å². The molecule has 0 amide bonds. The Morgan fingerprint density at radius 1 is 0.926 bits per heavy atom. The van der Waals surface area contributed by atoms with E-state index in [1.807, 2.05) is 0 Å². The highest BCUT2D eigenvalue weighted by molar-refractivity contribution is 5.66. The van der Waals surface area contributed by atoms with Crippen molar-refractivity contribution in [2.45, 2.75) is 102 Å². The molecule has 154 valence electrons. The second-order valence-electron chi connectivity index (χ2n) is 9.28. The molecule has 3 rings (SSSR count). The van der Waals surface area contributed by atoms with E-state index in [1.165, 1.54) is 77.0 Å². The van der Waals surface area contributed by atoms with E-state index in [-0.39, 0.29) is 0 Å². The van der Waals surface area contributed by atoms with Crippen LogP contribution in [0.4, 0.5) is 0 Å². The van der Waals surface area contributed by atoms with Gasteiger partial charge in [0.2, 0.25) is 0 Å². The lowest BCUT2D eigenvalue weighted by molar-refractivity contribution is -0.137. The van der Waals surface area contributed by atoms with Crippen LogP contribution in [0.3, 0.4) is 0 Å². The van der Waals surface area contributed by atoms with Gasteiger partial charge in [-0.1, -0.05) is 37.8 Å². The van der Waals surface area contributed by atoms with Gasteiger partial charge in [-0.25, -0.2) is 0 Å². The maximum Gasteiger partial charge on any atom is 0.303 e. The van der Waals surface area contributed by atoms with Crippen LogP contribution in [-0.2, 0) is 9.53 Å². The van der Waals surface area contributed by atoms with Gasteiger partial charge in [0.05, 0.1) is 6.10 Å². The molecule has 3 saturated carbocycles. The second kappa shape index (κ2) is 11.2. The number of unbranched alkanes of at least 4 members (excludes halogenated alkanes) is 2. The van der Waals surface area contributed by atoms with E-state index in [9.17, 15) is 4.79 Å². The number of ether oxygens (including phenoxy) is 1. The van der Waals surface area contributed by atoms with E-state index in [0.717, 1.165) is 43.1 Å². The van der Waals surface area contributed by atoms with E-state index >= 15 is 0 Å². The van der Waals surface area contributed by atoms with Crippen molar-refractivity contribution in [1.82, 2.24) is 0 Å². The van der Waals surface area contributed by atoms with Crippen molar-refractivity contribution >= 4 is 5.97 Å². The van der Waals surface area contributed by atoms with Crippen LogP contribution in [0.5, 0.6) is 0 Å². The number of hydrogen-bond acceptors (Lipinski definition) is 2. The van der Waals surface area contributed by atoms with Crippen LogP contribution < -0.4 is 0 Å². The molecule has 2 bridgehead atoms. The Hall–Kier alpha value is -0.830. The molecule has 0 spiro atoms. The minimum Gasteiger partial charge on any atom is -0.481 e. The summed E-state index contributed by atoms with van der Waals surface area (Å²) in [6.07, 6.45) is 23.4. The number of carbonyl (C=O) groups is 1. The molecule has 3 nitrogen and oxygen atoms in total. The molecule has 3 heteroatoms. The second-order valence-corrected chi connectivity index (χ2v) is 9.28. The first-order valence-corrected chi connectivity index (χ1v) is 11.7. The molecule has 0 radical (unpaired) electrons. The zero-order valence-corrected chi connectivity index (χ0v) is 17.1. The van der Waals surface area contributed by atoms with E-state index < -0.39 is 5.97 Å². The fourth-order valence-electron chi connectivity index (χ4n) is 6.05. The normalized spacial score (nSPS) is 31.1. The predicted molar refractivity (Wildman–Crippen MR) is 110 cm³/mol. The topological polar surface area (TPSA) is 46.5 Å². The summed E-state index contributed by atoms with van der Waals surface area (Å²) in [5.74, 6) is 3.09. The van der Waals surface area contributed by atoms with Gasteiger partial charge >= 0.3 is 5.97 Å². The third-order valence-corrected chi connectivity index (χ3v) is 7.45. The lowest BCUT2D eigenvalue weighted by Crippen LogP contribution is -2.22. The number of carboxylic acid groups (broad SMARTS) is 1. The Labute approximate surface area is 165 Å². The molecule has 0 aromatic carbocycles. The molecule has 3 fully saturated rings. The standard InChI is InChI=1S/C24H40O3/c25-24(26)14-7-2-1-6-12-22-19-15-16-20(18-19)23(22)13-8-9-17-27-21-10-4-3-5-11-21/h1,6,19-23H,2-5,7-18H2,(H,25,26)/b6-1-/t19-,20+,22-,23+/m0/s1. The molecule has 0 aromatic heterocycles. The lowest BCUT2D eigenvalue weighted by Gasteiger charge is -2.30. The van der Waals surface area contributed by atoms with Gasteiger partial charge in [-0.15, -0.1) is 0 Å². The number of carboxylic acids is 1. The highest BCUT2D eigenvalue weighted by Gasteiger charge is 2.45. The van der Waals surface area contributed by atoms with Crippen molar-refractivity contribution in [2.24, 2.45) is 23.7 Å². The number of allylic oxidation sites excluding steroid dienone is 2. The molecular formula is C24H40O3. The minimum atomic E-state index is -0.677. The summed E-state index contributed by atoms with van der Waals surface area (Å²) in [5.41, 5.74) is 0. The maximum atomic E-state index is 10.6. The average molecular weight is 377 g/mol. The fourth-order valence-corrected chi connectivity index (χ4v) is 6.05. The smallest absolute Gasteiger partial charge is 0.303 e. The van der Waals surface area contributed by atoms with Gasteiger partial charge in [0.1, 0.15) is 0 Å². The Balaban J connectivity index is 1.31. The first-order chi connectivity index (χ1) is 13.2. The molecule has 3 aliphatic rings. The van der Waals surface area contributed by atoms with Crippen LogP contribution in [0.1, 0.15) is 96.3 Å². The van der Waals surface area contributed by atoms with Crippen LogP contribution >= 0.6 is 0 Å². The van der Waals surface area contributed by atoms with Gasteiger partial charge in [0.15, 0.2) is 0 Å². The Bertz CT molecular complexity index is 466. The first kappa shape index (κ1) is 20.9. The molecule has 0 heterocycles. The van der Waals surface area contributed by atoms with E-state index in [0.29, 0.717) is 12.5 Å². The largest absolute Gasteiger partial charge is 0.481 e. The molecule has 0 aromatic rings. The van der Waals surface area contributed by atoms with Crippen LogP contribution in [0.15, 0.2) is 12.2 Å². The summed E-state index contributed by atoms with van der Waals surface area (Å²) in [6.45, 7) is 0.972. The van der Waals surface area contributed by atoms with Crippen molar-refractivity contribution in [3.8, 4) is 0 Å².